The summed E-state index contributed by atoms with van der Waals surface area (Å²) in [4.78, 5) is 20.1. The van der Waals surface area contributed by atoms with E-state index in [0.29, 0.717) is 11.4 Å². The maximum absolute atomic E-state index is 11.7. The second-order valence-electron chi connectivity index (χ2n) is 3.77. The Balaban J connectivity index is 2.05. The molecule has 1 unspecified atom stereocenters. The molecule has 2 aromatic rings. The number of rotatable bonds is 5. The van der Waals surface area contributed by atoms with Gasteiger partial charge in [-0.05, 0) is 36.4 Å². The van der Waals surface area contributed by atoms with Crippen LogP contribution in [0.5, 0.6) is 0 Å². The van der Waals surface area contributed by atoms with Crippen molar-refractivity contribution in [3.63, 3.8) is 0 Å². The molecule has 0 N–H and O–H groups in total. The van der Waals surface area contributed by atoms with Gasteiger partial charge in [0.2, 0.25) is 0 Å². The van der Waals surface area contributed by atoms with Crippen molar-refractivity contribution in [3.8, 4) is 0 Å². The molecule has 2 heterocycles. The van der Waals surface area contributed by atoms with Gasteiger partial charge in [-0.25, -0.2) is 4.98 Å². The zero-order valence-corrected chi connectivity index (χ0v) is 11.6. The summed E-state index contributed by atoms with van der Waals surface area (Å²) in [5.41, 5.74) is 0.786. The Labute approximate surface area is 117 Å². The normalized spacial score (nSPS) is 12.5. The summed E-state index contributed by atoms with van der Waals surface area (Å²) in [6.45, 7) is 0. The van der Waals surface area contributed by atoms with Gasteiger partial charge in [0.1, 0.15) is 5.03 Å². The number of hydrogen-bond donors (Lipinski definition) is 0. The zero-order chi connectivity index (χ0) is 13.7. The predicted octanol–water partition coefficient (Wildman–Crippen LogP) is 1.91. The van der Waals surface area contributed by atoms with Gasteiger partial charge in [-0.15, -0.1) is 0 Å². The van der Waals surface area contributed by atoms with Gasteiger partial charge in [-0.1, -0.05) is 11.1 Å². The maximum atomic E-state index is 11.7. The average Bonchev–Trinajstić information content (AvgIpc) is 2.39. The van der Waals surface area contributed by atoms with Crippen molar-refractivity contribution >= 4 is 38.9 Å². The lowest BCUT2D eigenvalue weighted by Gasteiger charge is -2.05. The van der Waals surface area contributed by atoms with Crippen molar-refractivity contribution in [3.05, 3.63) is 30.6 Å². The van der Waals surface area contributed by atoms with Crippen LogP contribution in [-0.4, -0.2) is 29.6 Å². The van der Waals surface area contributed by atoms with Crippen LogP contribution in [0.1, 0.15) is 12.8 Å². The van der Waals surface area contributed by atoms with Crippen molar-refractivity contribution in [2.24, 2.45) is 0 Å². The largest absolute Gasteiger partial charge is 0.772 e. The van der Waals surface area contributed by atoms with Crippen LogP contribution < -0.4 is 0 Å². The second-order valence-corrected chi connectivity index (χ2v) is 5.83. The van der Waals surface area contributed by atoms with Gasteiger partial charge in [0.15, 0.2) is 5.12 Å². The Kier molecular flexibility index (Phi) is 5.00. The topological polar surface area (TPSA) is 83.0 Å². The van der Waals surface area contributed by atoms with Gasteiger partial charge in [-0.2, -0.15) is 0 Å². The molecule has 2 rings (SSSR count). The third kappa shape index (κ3) is 4.09. The van der Waals surface area contributed by atoms with E-state index in [4.69, 9.17) is 0 Å². The maximum Gasteiger partial charge on any atom is 0.195 e. The Bertz CT molecular complexity index is 613. The van der Waals surface area contributed by atoms with Crippen LogP contribution in [0.25, 0.3) is 10.9 Å². The Morgan fingerprint density at radius 3 is 2.95 bits per heavy atom. The molecule has 19 heavy (non-hydrogen) atoms. The number of hydrogen-bond acceptors (Lipinski definition) is 6. The van der Waals surface area contributed by atoms with Gasteiger partial charge in [0.05, 0.1) is 5.52 Å². The van der Waals surface area contributed by atoms with E-state index >= 15 is 0 Å². The summed E-state index contributed by atoms with van der Waals surface area (Å²) in [5.74, 6) is 0.0107. The SMILES string of the molecule is O=C(CCCS(=O)[O-])Sc1nccc2ncccc12. The van der Waals surface area contributed by atoms with Crippen LogP contribution >= 0.6 is 11.8 Å². The van der Waals surface area contributed by atoms with E-state index in [2.05, 4.69) is 9.97 Å². The molecule has 0 fully saturated rings. The predicted molar refractivity (Wildman–Crippen MR) is 73.4 cm³/mol. The van der Waals surface area contributed by atoms with Crippen LogP contribution in [0, 0.1) is 0 Å². The first kappa shape index (κ1) is 14.1. The molecular weight excluding hydrogens is 284 g/mol. The molecule has 0 aliphatic rings. The fourth-order valence-corrected chi connectivity index (χ4v) is 2.79. The summed E-state index contributed by atoms with van der Waals surface area (Å²) in [6.07, 6.45) is 3.85. The third-order valence-corrected chi connectivity index (χ3v) is 3.97. The van der Waals surface area contributed by atoms with Gasteiger partial charge < -0.3 is 4.55 Å². The summed E-state index contributed by atoms with van der Waals surface area (Å²) >= 11 is -1.05. The minimum Gasteiger partial charge on any atom is -0.772 e. The molecule has 0 saturated carbocycles. The lowest BCUT2D eigenvalue weighted by Crippen LogP contribution is -1.99. The van der Waals surface area contributed by atoms with Crippen LogP contribution in [0.3, 0.4) is 0 Å². The highest BCUT2D eigenvalue weighted by Crippen LogP contribution is 2.25. The summed E-state index contributed by atoms with van der Waals surface area (Å²) in [6, 6.07) is 5.43. The zero-order valence-electron chi connectivity index (χ0n) is 9.94. The minimum atomic E-state index is -2.09. The summed E-state index contributed by atoms with van der Waals surface area (Å²) in [5, 5.41) is 1.35. The lowest BCUT2D eigenvalue weighted by atomic mass is 10.3. The molecular formula is C12H11N2O3S2-. The first-order chi connectivity index (χ1) is 9.16. The molecule has 2 aromatic heterocycles. The number of nitrogens with zero attached hydrogens (tertiary/aromatic N) is 2. The third-order valence-electron chi connectivity index (χ3n) is 2.40. The molecule has 7 heteroatoms. The number of thioether (sulfide) groups is 1. The number of fused-ring (bicyclic) bond motifs is 1. The number of aromatic nitrogens is 2. The Morgan fingerprint density at radius 2 is 2.16 bits per heavy atom. The van der Waals surface area contributed by atoms with E-state index in [1.807, 2.05) is 6.07 Å². The molecule has 100 valence electrons. The quantitative estimate of drug-likeness (QED) is 0.619. The first-order valence-corrected chi connectivity index (χ1v) is 7.69. The van der Waals surface area contributed by atoms with E-state index < -0.39 is 11.1 Å². The molecule has 0 spiro atoms. The molecule has 5 nitrogen and oxygen atoms in total. The van der Waals surface area contributed by atoms with E-state index in [0.717, 1.165) is 22.7 Å². The van der Waals surface area contributed by atoms with Gasteiger partial charge >= 0.3 is 0 Å². The van der Waals surface area contributed by atoms with Crippen molar-refractivity contribution in [1.82, 2.24) is 9.97 Å². The fraction of sp³-hybridized carbons (Fsp3) is 0.250. The van der Waals surface area contributed by atoms with Gasteiger partial charge in [0, 0.05) is 30.0 Å². The molecule has 0 aliphatic heterocycles. The van der Waals surface area contributed by atoms with Crippen molar-refractivity contribution in [2.45, 2.75) is 17.9 Å². The second kappa shape index (κ2) is 6.74. The number of pyridine rings is 2. The van der Waals surface area contributed by atoms with E-state index in [-0.39, 0.29) is 17.3 Å². The standard InChI is InChI=1S/C12H12N2O3S2/c15-11(4-2-8-19(16)17)18-12-9-3-1-6-13-10(9)5-7-14-12/h1,3,5-7H,2,4,8H2,(H,16,17)/p-1. The van der Waals surface area contributed by atoms with E-state index in [1.165, 1.54) is 0 Å². The highest BCUT2D eigenvalue weighted by atomic mass is 32.2. The highest BCUT2D eigenvalue weighted by Gasteiger charge is 2.09. The van der Waals surface area contributed by atoms with Crippen LogP contribution in [0.15, 0.2) is 35.6 Å². The first-order valence-electron chi connectivity index (χ1n) is 5.63. The fourth-order valence-electron chi connectivity index (χ4n) is 1.55. The van der Waals surface area contributed by atoms with Crippen molar-refractivity contribution in [2.75, 3.05) is 5.75 Å². The van der Waals surface area contributed by atoms with Crippen LogP contribution in [-0.2, 0) is 15.9 Å². The average molecular weight is 295 g/mol. The van der Waals surface area contributed by atoms with Crippen molar-refractivity contribution in [1.29, 1.82) is 0 Å². The van der Waals surface area contributed by atoms with E-state index in [9.17, 15) is 13.6 Å². The smallest absolute Gasteiger partial charge is 0.195 e. The minimum absolute atomic E-state index is 0.0107. The van der Waals surface area contributed by atoms with Crippen LogP contribution in [0.4, 0.5) is 0 Å². The Hall–Kier alpha value is -1.31. The van der Waals surface area contributed by atoms with Gasteiger partial charge in [-0.3, -0.25) is 14.0 Å². The lowest BCUT2D eigenvalue weighted by molar-refractivity contribution is -0.111. The molecule has 0 saturated heterocycles. The van der Waals surface area contributed by atoms with Crippen molar-refractivity contribution < 1.29 is 13.6 Å². The van der Waals surface area contributed by atoms with E-state index in [1.54, 1.807) is 24.5 Å². The molecule has 1 atom stereocenters. The Morgan fingerprint density at radius 1 is 1.32 bits per heavy atom. The highest BCUT2D eigenvalue weighted by molar-refractivity contribution is 8.13. The molecule has 0 aromatic carbocycles. The van der Waals surface area contributed by atoms with Gasteiger partial charge in [0.25, 0.3) is 0 Å². The summed E-state index contributed by atoms with van der Waals surface area (Å²) in [7, 11) is 0. The molecule has 0 aliphatic carbocycles. The summed E-state index contributed by atoms with van der Waals surface area (Å²) < 4.78 is 20.8. The molecule has 0 radical (unpaired) electrons. The molecule has 0 amide bonds. The van der Waals surface area contributed by atoms with Crippen LogP contribution in [0.2, 0.25) is 0 Å². The number of carbonyl (C=O) groups is 1. The molecule has 0 bridgehead atoms. The monoisotopic (exact) mass is 295 g/mol. The number of carbonyl (C=O) groups excluding carboxylic acids is 1.